The number of aryl methyl sites for hydroxylation is 1. The van der Waals surface area contributed by atoms with E-state index in [1.807, 2.05) is 6.26 Å². The van der Waals surface area contributed by atoms with Crippen molar-refractivity contribution in [1.29, 1.82) is 0 Å². The molecule has 0 bridgehead atoms. The molecule has 0 saturated heterocycles. The number of nitrogen functional groups attached to an aromatic ring is 1. The molecule has 1 saturated carbocycles. The molecule has 0 radical (unpaired) electrons. The normalized spacial score (nSPS) is 23.1. The molecule has 1 aromatic rings. The molecule has 0 spiro atoms. The van der Waals surface area contributed by atoms with Crippen molar-refractivity contribution in [2.75, 3.05) is 12.0 Å². The Hall–Kier alpha value is -0.240. The molecule has 20 heavy (non-hydrogen) atoms. The molecule has 1 aromatic carbocycles. The van der Waals surface area contributed by atoms with Crippen LogP contribution in [0.5, 0.6) is 0 Å². The average molecular weight is 379 g/mol. The minimum Gasteiger partial charge on any atom is -0.398 e. The predicted octanol–water partition coefficient (Wildman–Crippen LogP) is 2.90. The van der Waals surface area contributed by atoms with E-state index in [4.69, 9.17) is 5.73 Å². The van der Waals surface area contributed by atoms with Crippen molar-refractivity contribution in [3.63, 3.8) is 0 Å². The van der Waals surface area contributed by atoms with E-state index in [1.54, 1.807) is 24.8 Å². The van der Waals surface area contributed by atoms with Crippen LogP contribution in [0.1, 0.15) is 24.8 Å². The number of hydrogen-bond acceptors (Lipinski definition) is 4. The summed E-state index contributed by atoms with van der Waals surface area (Å²) in [4.78, 5) is 0.268. The number of nitrogens with two attached hydrogens (primary N) is 1. The van der Waals surface area contributed by atoms with Crippen molar-refractivity contribution in [3.05, 3.63) is 22.2 Å². The van der Waals surface area contributed by atoms with E-state index in [0.29, 0.717) is 16.5 Å². The van der Waals surface area contributed by atoms with Gasteiger partial charge in [-0.2, -0.15) is 11.8 Å². The average Bonchev–Trinajstić information content (AvgIpc) is 2.80. The van der Waals surface area contributed by atoms with Crippen molar-refractivity contribution in [2.24, 2.45) is 0 Å². The molecule has 0 amide bonds. The van der Waals surface area contributed by atoms with Gasteiger partial charge in [0.25, 0.3) is 0 Å². The van der Waals surface area contributed by atoms with Crippen LogP contribution >= 0.6 is 27.7 Å². The standard InChI is InChI=1S/C13H19BrN2O2S2/c1-8-6-9(14)10(15)7-13(8)20(17,18)16-11-4-3-5-12(11)19-2/h6-7,11-12,16H,3-5,15H2,1-2H3. The summed E-state index contributed by atoms with van der Waals surface area (Å²) in [6.45, 7) is 1.78. The lowest BCUT2D eigenvalue weighted by Crippen LogP contribution is -2.38. The molecular formula is C13H19BrN2O2S2. The van der Waals surface area contributed by atoms with E-state index in [9.17, 15) is 8.42 Å². The zero-order valence-corrected chi connectivity index (χ0v) is 14.7. The maximum atomic E-state index is 12.5. The molecule has 2 rings (SSSR count). The van der Waals surface area contributed by atoms with Crippen LogP contribution in [0.2, 0.25) is 0 Å². The van der Waals surface area contributed by atoms with Crippen LogP contribution in [0.25, 0.3) is 0 Å². The first-order chi connectivity index (χ1) is 9.35. The minimum absolute atomic E-state index is 0.0132. The molecule has 3 N–H and O–H groups in total. The summed E-state index contributed by atoms with van der Waals surface area (Å²) >= 11 is 5.04. The minimum atomic E-state index is -3.52. The maximum Gasteiger partial charge on any atom is 0.241 e. The highest BCUT2D eigenvalue weighted by atomic mass is 79.9. The fourth-order valence-electron chi connectivity index (χ4n) is 2.56. The number of nitrogens with one attached hydrogen (secondary N) is 1. The van der Waals surface area contributed by atoms with Crippen molar-refractivity contribution >= 4 is 43.4 Å². The first kappa shape index (κ1) is 16.1. The zero-order chi connectivity index (χ0) is 14.9. The SMILES string of the molecule is CSC1CCCC1NS(=O)(=O)c1cc(N)c(Br)cc1C. The van der Waals surface area contributed by atoms with Crippen molar-refractivity contribution in [1.82, 2.24) is 4.72 Å². The van der Waals surface area contributed by atoms with Gasteiger partial charge in [-0.05, 0) is 59.6 Å². The van der Waals surface area contributed by atoms with Crippen molar-refractivity contribution in [3.8, 4) is 0 Å². The third-order valence-electron chi connectivity index (χ3n) is 3.65. The summed E-state index contributed by atoms with van der Waals surface area (Å²) in [7, 11) is -3.52. The number of thioether (sulfide) groups is 1. The lowest BCUT2D eigenvalue weighted by Gasteiger charge is -2.20. The second-order valence-corrected chi connectivity index (χ2v) is 8.69. The Morgan fingerprint density at radius 1 is 1.40 bits per heavy atom. The Kier molecular flexibility index (Phi) is 5.05. The molecule has 0 heterocycles. The number of halogens is 1. The number of benzene rings is 1. The third kappa shape index (κ3) is 3.32. The van der Waals surface area contributed by atoms with Gasteiger partial charge in [0, 0.05) is 21.5 Å². The molecular weight excluding hydrogens is 360 g/mol. The van der Waals surface area contributed by atoms with Crippen LogP contribution in [0.4, 0.5) is 5.69 Å². The van der Waals surface area contributed by atoms with Crippen LogP contribution < -0.4 is 10.5 Å². The largest absolute Gasteiger partial charge is 0.398 e. The van der Waals surface area contributed by atoms with Gasteiger partial charge in [0.05, 0.1) is 4.90 Å². The van der Waals surface area contributed by atoms with Crippen LogP contribution in [0.15, 0.2) is 21.5 Å². The number of hydrogen-bond donors (Lipinski definition) is 2. The Bertz CT molecular complexity index is 605. The van der Waals surface area contributed by atoms with Gasteiger partial charge in [-0.1, -0.05) is 6.42 Å². The summed E-state index contributed by atoms with van der Waals surface area (Å²) < 4.78 is 28.6. The highest BCUT2D eigenvalue weighted by molar-refractivity contribution is 9.10. The number of sulfonamides is 1. The van der Waals surface area contributed by atoms with Gasteiger partial charge in [0.15, 0.2) is 0 Å². The van der Waals surface area contributed by atoms with Gasteiger partial charge in [-0.25, -0.2) is 13.1 Å². The number of anilines is 1. The lowest BCUT2D eigenvalue weighted by atomic mass is 10.2. The van der Waals surface area contributed by atoms with Gasteiger partial charge in [0.1, 0.15) is 0 Å². The molecule has 0 aromatic heterocycles. The van der Waals surface area contributed by atoms with Crippen LogP contribution in [-0.2, 0) is 10.0 Å². The van der Waals surface area contributed by atoms with E-state index >= 15 is 0 Å². The fourth-order valence-corrected chi connectivity index (χ4v) is 5.62. The van der Waals surface area contributed by atoms with Gasteiger partial charge >= 0.3 is 0 Å². The summed E-state index contributed by atoms with van der Waals surface area (Å²) in [5, 5.41) is 0.359. The van der Waals surface area contributed by atoms with E-state index in [0.717, 1.165) is 23.7 Å². The Balaban J connectivity index is 2.29. The van der Waals surface area contributed by atoms with Crippen LogP contribution in [0, 0.1) is 6.92 Å². The highest BCUT2D eigenvalue weighted by Gasteiger charge is 2.31. The molecule has 1 fully saturated rings. The second-order valence-electron chi connectivity index (χ2n) is 5.07. The Labute approximate surface area is 133 Å². The Morgan fingerprint density at radius 3 is 2.75 bits per heavy atom. The third-order valence-corrected chi connectivity index (χ3v) is 7.13. The molecule has 0 aliphatic heterocycles. The first-order valence-electron chi connectivity index (χ1n) is 6.46. The van der Waals surface area contributed by atoms with Gasteiger partial charge in [0.2, 0.25) is 10.0 Å². The lowest BCUT2D eigenvalue weighted by molar-refractivity contribution is 0.554. The summed E-state index contributed by atoms with van der Waals surface area (Å²) in [5.74, 6) is 0. The fraction of sp³-hybridized carbons (Fsp3) is 0.538. The highest BCUT2D eigenvalue weighted by Crippen LogP contribution is 2.31. The molecule has 2 atom stereocenters. The van der Waals surface area contributed by atoms with Crippen LogP contribution in [-0.4, -0.2) is 26.0 Å². The Morgan fingerprint density at radius 2 is 2.10 bits per heavy atom. The summed E-state index contributed by atoms with van der Waals surface area (Å²) in [6.07, 6.45) is 5.06. The summed E-state index contributed by atoms with van der Waals surface area (Å²) in [5.41, 5.74) is 6.93. The maximum absolute atomic E-state index is 12.5. The molecule has 7 heteroatoms. The molecule has 4 nitrogen and oxygen atoms in total. The van der Waals surface area contributed by atoms with Crippen molar-refractivity contribution in [2.45, 2.75) is 42.4 Å². The van der Waals surface area contributed by atoms with E-state index in [-0.39, 0.29) is 10.9 Å². The number of rotatable bonds is 4. The smallest absolute Gasteiger partial charge is 0.241 e. The monoisotopic (exact) mass is 378 g/mol. The van der Waals surface area contributed by atoms with E-state index in [1.165, 1.54) is 6.07 Å². The van der Waals surface area contributed by atoms with Gasteiger partial charge in [-0.15, -0.1) is 0 Å². The molecule has 2 unspecified atom stereocenters. The zero-order valence-electron chi connectivity index (χ0n) is 11.5. The van der Waals surface area contributed by atoms with Gasteiger partial charge in [-0.3, -0.25) is 0 Å². The topological polar surface area (TPSA) is 72.2 Å². The summed E-state index contributed by atoms with van der Waals surface area (Å²) in [6, 6.07) is 3.27. The molecule has 1 aliphatic rings. The predicted molar refractivity (Wildman–Crippen MR) is 88.6 cm³/mol. The first-order valence-corrected chi connectivity index (χ1v) is 10.0. The molecule has 112 valence electrons. The van der Waals surface area contributed by atoms with E-state index < -0.39 is 10.0 Å². The molecule has 1 aliphatic carbocycles. The van der Waals surface area contributed by atoms with E-state index in [2.05, 4.69) is 20.7 Å². The van der Waals surface area contributed by atoms with Crippen molar-refractivity contribution < 1.29 is 8.42 Å². The van der Waals surface area contributed by atoms with Gasteiger partial charge < -0.3 is 5.73 Å². The quantitative estimate of drug-likeness (QED) is 0.789. The van der Waals surface area contributed by atoms with Crippen LogP contribution in [0.3, 0.4) is 0 Å². The second kappa shape index (κ2) is 6.25.